The predicted molar refractivity (Wildman–Crippen MR) is 119 cm³/mol. The van der Waals surface area contributed by atoms with Gasteiger partial charge in [-0.2, -0.15) is 0 Å². The van der Waals surface area contributed by atoms with Crippen LogP contribution < -0.4 is 5.32 Å². The number of allylic oxidation sites excluding steroid dienone is 2. The van der Waals surface area contributed by atoms with E-state index in [1.54, 1.807) is 0 Å². The molecule has 1 aliphatic rings. The minimum atomic E-state index is 0.436. The lowest BCUT2D eigenvalue weighted by Crippen LogP contribution is -2.32. The van der Waals surface area contributed by atoms with Crippen molar-refractivity contribution in [3.8, 4) is 0 Å². The number of halogens is 1. The molecule has 1 N–H and O–H groups in total. The van der Waals surface area contributed by atoms with Crippen LogP contribution in [0.25, 0.3) is 0 Å². The average Bonchev–Trinajstić information content (AvgIpc) is 2.95. The molecule has 0 radical (unpaired) electrons. The summed E-state index contributed by atoms with van der Waals surface area (Å²) in [6.45, 7) is 10.6. The van der Waals surface area contributed by atoms with Gasteiger partial charge >= 0.3 is 0 Å². The lowest BCUT2D eigenvalue weighted by Gasteiger charge is -2.30. The van der Waals surface area contributed by atoms with Crippen molar-refractivity contribution in [3.05, 3.63) is 59.3 Å². The van der Waals surface area contributed by atoms with Gasteiger partial charge in [-0.05, 0) is 87.6 Å². The van der Waals surface area contributed by atoms with E-state index in [0.29, 0.717) is 17.9 Å². The minimum absolute atomic E-state index is 0.436. The Morgan fingerprint density at radius 2 is 1.78 bits per heavy atom. The Kier molecular flexibility index (Phi) is 10.0. The van der Waals surface area contributed by atoms with Gasteiger partial charge in [0.2, 0.25) is 0 Å². The van der Waals surface area contributed by atoms with Crippen molar-refractivity contribution in [3.63, 3.8) is 0 Å². The molecule has 1 aliphatic heterocycles. The third-order valence-electron chi connectivity index (χ3n) is 5.50. The van der Waals surface area contributed by atoms with Crippen molar-refractivity contribution in [2.24, 2.45) is 5.92 Å². The van der Waals surface area contributed by atoms with E-state index in [2.05, 4.69) is 67.5 Å². The van der Waals surface area contributed by atoms with E-state index in [0.717, 1.165) is 11.4 Å². The molecule has 0 amide bonds. The molecule has 27 heavy (non-hydrogen) atoms. The SMILES string of the molecule is CCCN(CCC)CCC(C)CC(c1ccc(Cl)cc1)C1CC=CC=CN1. The van der Waals surface area contributed by atoms with Gasteiger partial charge in [0, 0.05) is 17.0 Å². The van der Waals surface area contributed by atoms with Crippen molar-refractivity contribution < 1.29 is 0 Å². The maximum absolute atomic E-state index is 6.13. The maximum atomic E-state index is 6.13. The molecule has 2 rings (SSSR count). The number of hydrogen-bond acceptors (Lipinski definition) is 2. The summed E-state index contributed by atoms with van der Waals surface area (Å²) < 4.78 is 0. The number of hydrogen-bond donors (Lipinski definition) is 1. The Balaban J connectivity index is 2.03. The highest BCUT2D eigenvalue weighted by molar-refractivity contribution is 6.30. The van der Waals surface area contributed by atoms with Crippen molar-refractivity contribution in [2.75, 3.05) is 19.6 Å². The number of nitrogens with one attached hydrogen (secondary N) is 1. The summed E-state index contributed by atoms with van der Waals surface area (Å²) >= 11 is 6.13. The van der Waals surface area contributed by atoms with E-state index < -0.39 is 0 Å². The van der Waals surface area contributed by atoms with Crippen molar-refractivity contribution >= 4 is 11.6 Å². The summed E-state index contributed by atoms with van der Waals surface area (Å²) in [6.07, 6.45) is 14.6. The molecule has 1 heterocycles. The maximum Gasteiger partial charge on any atom is 0.0406 e. The monoisotopic (exact) mass is 388 g/mol. The molecule has 2 nitrogen and oxygen atoms in total. The Labute approximate surface area is 171 Å². The third-order valence-corrected chi connectivity index (χ3v) is 5.75. The zero-order valence-electron chi connectivity index (χ0n) is 17.3. The van der Waals surface area contributed by atoms with Gasteiger partial charge in [-0.15, -0.1) is 0 Å². The normalized spacial score (nSPS) is 18.9. The second-order valence-electron chi connectivity index (χ2n) is 7.93. The highest BCUT2D eigenvalue weighted by Gasteiger charge is 2.24. The van der Waals surface area contributed by atoms with Crippen molar-refractivity contribution in [1.29, 1.82) is 0 Å². The van der Waals surface area contributed by atoms with Gasteiger partial charge < -0.3 is 10.2 Å². The van der Waals surface area contributed by atoms with Gasteiger partial charge in [0.25, 0.3) is 0 Å². The smallest absolute Gasteiger partial charge is 0.0406 e. The van der Waals surface area contributed by atoms with E-state index >= 15 is 0 Å². The van der Waals surface area contributed by atoms with Crippen LogP contribution in [-0.4, -0.2) is 30.6 Å². The first-order chi connectivity index (χ1) is 13.1. The molecule has 3 heteroatoms. The summed E-state index contributed by atoms with van der Waals surface area (Å²) in [5.41, 5.74) is 1.39. The lowest BCUT2D eigenvalue weighted by molar-refractivity contribution is 0.246. The van der Waals surface area contributed by atoms with E-state index in [9.17, 15) is 0 Å². The van der Waals surface area contributed by atoms with Crippen LogP contribution in [0.3, 0.4) is 0 Å². The van der Waals surface area contributed by atoms with Crippen LogP contribution in [0, 0.1) is 5.92 Å². The van der Waals surface area contributed by atoms with E-state index in [4.69, 9.17) is 11.6 Å². The van der Waals surface area contributed by atoms with Gasteiger partial charge in [0.05, 0.1) is 0 Å². The number of rotatable bonds is 11. The molecule has 0 fully saturated rings. The van der Waals surface area contributed by atoms with Crippen molar-refractivity contribution in [2.45, 2.75) is 64.8 Å². The molecule has 150 valence electrons. The first-order valence-electron chi connectivity index (χ1n) is 10.7. The van der Waals surface area contributed by atoms with Crippen LogP contribution >= 0.6 is 11.6 Å². The molecular weight excluding hydrogens is 352 g/mol. The molecule has 1 aromatic rings. The van der Waals surface area contributed by atoms with Crippen LogP contribution in [0.4, 0.5) is 0 Å². The summed E-state index contributed by atoms with van der Waals surface area (Å²) in [6, 6.07) is 8.91. The summed E-state index contributed by atoms with van der Waals surface area (Å²) in [5, 5.41) is 4.43. The van der Waals surface area contributed by atoms with Crippen LogP contribution in [-0.2, 0) is 0 Å². The molecular formula is C24H37ClN2. The molecule has 3 unspecified atom stereocenters. The molecule has 0 saturated heterocycles. The average molecular weight is 389 g/mol. The molecule has 0 saturated carbocycles. The largest absolute Gasteiger partial charge is 0.387 e. The fourth-order valence-electron chi connectivity index (χ4n) is 4.05. The van der Waals surface area contributed by atoms with Gasteiger partial charge in [-0.3, -0.25) is 0 Å². The quantitative estimate of drug-likeness (QED) is 0.472. The minimum Gasteiger partial charge on any atom is -0.387 e. The summed E-state index contributed by atoms with van der Waals surface area (Å²) in [7, 11) is 0. The fourth-order valence-corrected chi connectivity index (χ4v) is 4.18. The Hall–Kier alpha value is -1.25. The topological polar surface area (TPSA) is 15.3 Å². The van der Waals surface area contributed by atoms with E-state index in [-0.39, 0.29) is 0 Å². The van der Waals surface area contributed by atoms with Gasteiger partial charge in [0.1, 0.15) is 0 Å². The first kappa shape index (κ1) is 22.0. The number of nitrogens with zero attached hydrogens (tertiary/aromatic N) is 1. The zero-order chi connectivity index (χ0) is 19.5. The van der Waals surface area contributed by atoms with Gasteiger partial charge in [-0.1, -0.05) is 56.7 Å². The Morgan fingerprint density at radius 1 is 1.07 bits per heavy atom. The Morgan fingerprint density at radius 3 is 2.44 bits per heavy atom. The summed E-state index contributed by atoms with van der Waals surface area (Å²) in [5.74, 6) is 1.19. The van der Waals surface area contributed by atoms with E-state index in [1.807, 2.05) is 12.1 Å². The van der Waals surface area contributed by atoms with Gasteiger partial charge in [-0.25, -0.2) is 0 Å². The lowest BCUT2D eigenvalue weighted by atomic mass is 9.82. The number of benzene rings is 1. The standard InChI is InChI=1S/C24H37ClN2/c1-4-16-27(17-5-2)18-14-20(3)19-23(21-10-12-22(25)13-11-21)24-9-7-6-8-15-26-24/h6-8,10-13,15,20,23-24,26H,4-5,9,14,16-19H2,1-3H3. The van der Waals surface area contributed by atoms with Crippen LogP contribution in [0.2, 0.25) is 5.02 Å². The molecule has 0 aliphatic carbocycles. The first-order valence-corrected chi connectivity index (χ1v) is 11.1. The summed E-state index contributed by atoms with van der Waals surface area (Å²) in [4.78, 5) is 2.63. The predicted octanol–water partition coefficient (Wildman–Crippen LogP) is 6.39. The molecule has 1 aromatic carbocycles. The van der Waals surface area contributed by atoms with Crippen LogP contribution in [0.15, 0.2) is 48.7 Å². The fraction of sp³-hybridized carbons (Fsp3) is 0.583. The van der Waals surface area contributed by atoms with Crippen LogP contribution in [0.5, 0.6) is 0 Å². The van der Waals surface area contributed by atoms with Gasteiger partial charge in [0.15, 0.2) is 0 Å². The van der Waals surface area contributed by atoms with E-state index in [1.165, 1.54) is 50.9 Å². The zero-order valence-corrected chi connectivity index (χ0v) is 18.1. The van der Waals surface area contributed by atoms with Crippen molar-refractivity contribution in [1.82, 2.24) is 10.2 Å². The highest BCUT2D eigenvalue weighted by atomic mass is 35.5. The molecule has 3 atom stereocenters. The Bertz CT molecular complexity index is 559. The molecule has 0 aromatic heterocycles. The molecule has 0 bridgehead atoms. The third kappa shape index (κ3) is 7.71. The second kappa shape index (κ2) is 12.3. The van der Waals surface area contributed by atoms with Crippen LogP contribution in [0.1, 0.15) is 64.4 Å². The second-order valence-corrected chi connectivity index (χ2v) is 8.36. The highest BCUT2D eigenvalue weighted by Crippen LogP contribution is 2.31. The molecule has 0 spiro atoms.